The molecule has 0 spiro atoms. The number of fused-ring (bicyclic) bond motifs is 3. The summed E-state index contributed by atoms with van der Waals surface area (Å²) in [5.41, 5.74) is 3.63. The Morgan fingerprint density at radius 3 is 2.76 bits per heavy atom. The van der Waals surface area contributed by atoms with E-state index in [1.807, 2.05) is 18.2 Å². The fourth-order valence-electron chi connectivity index (χ4n) is 4.42. The quantitative estimate of drug-likeness (QED) is 0.315. The van der Waals surface area contributed by atoms with Crippen molar-refractivity contribution >= 4 is 27.7 Å². The first-order valence-electron chi connectivity index (χ1n) is 12.0. The van der Waals surface area contributed by atoms with Crippen molar-refractivity contribution in [3.05, 3.63) is 72.1 Å². The Bertz CT molecular complexity index is 1480. The van der Waals surface area contributed by atoms with Crippen molar-refractivity contribution in [2.75, 3.05) is 12.4 Å². The number of aryl methyl sites for hydroxylation is 1. The minimum absolute atomic E-state index is 0.00625. The van der Waals surface area contributed by atoms with Gasteiger partial charge in [-0.2, -0.15) is 8.78 Å². The minimum atomic E-state index is -2.97. The predicted molar refractivity (Wildman–Crippen MR) is 137 cm³/mol. The van der Waals surface area contributed by atoms with Crippen LogP contribution in [0.15, 0.2) is 54.9 Å². The Balaban J connectivity index is 1.31. The number of carbonyl (C=O) groups is 1. The largest absolute Gasteiger partial charge is 0.435 e. The van der Waals surface area contributed by atoms with Crippen molar-refractivity contribution < 1.29 is 27.6 Å². The summed E-state index contributed by atoms with van der Waals surface area (Å²) in [4.78, 5) is 26.2. The smallest absolute Gasteiger partial charge is 0.387 e. The highest BCUT2D eigenvalue weighted by atomic mass is 32.2. The van der Waals surface area contributed by atoms with Gasteiger partial charge in [0.25, 0.3) is 5.91 Å². The van der Waals surface area contributed by atoms with E-state index in [4.69, 9.17) is 10.1 Å². The van der Waals surface area contributed by atoms with Crippen LogP contribution in [0.2, 0.25) is 0 Å². The molecule has 0 saturated carbocycles. The van der Waals surface area contributed by atoms with Crippen LogP contribution < -0.4 is 10.1 Å². The van der Waals surface area contributed by atoms with Gasteiger partial charge in [-0.3, -0.25) is 9.00 Å². The lowest BCUT2D eigenvalue weighted by atomic mass is 10.1. The molecule has 0 radical (unpaired) electrons. The Hall–Kier alpha value is -3.77. The fourth-order valence-corrected chi connectivity index (χ4v) is 5.45. The topological polar surface area (TPSA) is 119 Å². The molecule has 0 bridgehead atoms. The normalized spacial score (nSPS) is 15.5. The van der Waals surface area contributed by atoms with Crippen LogP contribution in [0.1, 0.15) is 40.9 Å². The van der Waals surface area contributed by atoms with Gasteiger partial charge in [-0.15, -0.1) is 0 Å². The number of nitrogens with zero attached hydrogens (tertiary/aromatic N) is 4. The lowest BCUT2D eigenvalue weighted by Crippen LogP contribution is -2.27. The van der Waals surface area contributed by atoms with Crippen LogP contribution in [-0.2, 0) is 23.1 Å². The number of hydrogen-bond donors (Lipinski definition) is 2. The van der Waals surface area contributed by atoms with Crippen molar-refractivity contribution in [1.29, 1.82) is 0 Å². The van der Waals surface area contributed by atoms with E-state index in [0.717, 1.165) is 28.0 Å². The molecule has 38 heavy (non-hydrogen) atoms. The molecule has 0 saturated heterocycles. The number of aliphatic hydroxyl groups excluding tert-OH is 1. The molecule has 12 heteroatoms. The number of imidazole rings is 1. The Morgan fingerprint density at radius 2 is 2.00 bits per heavy atom. The van der Waals surface area contributed by atoms with Crippen LogP contribution in [0.5, 0.6) is 5.75 Å². The summed E-state index contributed by atoms with van der Waals surface area (Å²) >= 11 is 0. The number of aliphatic hydroxyl groups is 1. The summed E-state index contributed by atoms with van der Waals surface area (Å²) in [5.74, 6) is 1.39. The summed E-state index contributed by atoms with van der Waals surface area (Å²) in [6, 6.07) is 11.2. The molecule has 0 aliphatic carbocycles. The van der Waals surface area contributed by atoms with Crippen LogP contribution in [-0.4, -0.2) is 53.7 Å². The van der Waals surface area contributed by atoms with Crippen LogP contribution in [0.4, 0.5) is 8.78 Å². The first kappa shape index (κ1) is 25.9. The molecule has 1 aliphatic heterocycles. The number of amides is 1. The van der Waals surface area contributed by atoms with Crippen molar-refractivity contribution in [1.82, 2.24) is 24.8 Å². The third-order valence-electron chi connectivity index (χ3n) is 6.22. The Morgan fingerprint density at radius 1 is 1.18 bits per heavy atom. The van der Waals surface area contributed by atoms with Crippen molar-refractivity contribution in [2.24, 2.45) is 0 Å². The van der Waals surface area contributed by atoms with Crippen LogP contribution in [0, 0.1) is 0 Å². The van der Waals surface area contributed by atoms with E-state index >= 15 is 0 Å². The first-order valence-corrected chi connectivity index (χ1v) is 13.5. The zero-order chi connectivity index (χ0) is 26.6. The van der Waals surface area contributed by atoms with E-state index < -0.39 is 23.3 Å². The predicted octanol–water partition coefficient (Wildman–Crippen LogP) is 3.60. The number of halogens is 2. The van der Waals surface area contributed by atoms with Crippen LogP contribution >= 0.6 is 0 Å². The Labute approximate surface area is 219 Å². The number of aromatic nitrogens is 4. The molecular formula is C26H25F2N5O4S. The zero-order valence-electron chi connectivity index (χ0n) is 20.2. The number of hydrogen-bond acceptors (Lipinski definition) is 7. The van der Waals surface area contributed by atoms with Gasteiger partial charge in [-0.25, -0.2) is 15.0 Å². The number of carbonyl (C=O) groups excluding carboxylic acids is 1. The number of ether oxygens (including phenoxy) is 1. The van der Waals surface area contributed by atoms with Gasteiger partial charge < -0.3 is 19.7 Å². The maximum atomic E-state index is 12.8. The lowest BCUT2D eigenvalue weighted by Gasteiger charge is -2.12. The van der Waals surface area contributed by atoms with E-state index in [0.29, 0.717) is 31.0 Å². The van der Waals surface area contributed by atoms with Crippen molar-refractivity contribution in [3.8, 4) is 16.9 Å². The fraction of sp³-hybridized carbons (Fsp3) is 0.308. The highest BCUT2D eigenvalue weighted by Gasteiger charge is 2.28. The summed E-state index contributed by atoms with van der Waals surface area (Å²) in [6.45, 7) is -2.30. The standard InChI is InChI=1S/C26H25F2N5O4S/c27-26(28)37-19-4-1-3-17(11-19)25(35)32-21-7-8-33-22-12-16(5-6-20(22)31-24(21)33)18-13-29-23(30-14-18)15-38(36)10-2-9-34/h1,3-6,11-14,21,26,34H,2,7-10,15H2,(H,32,35)/t21-,38-/m1/s1. The van der Waals surface area contributed by atoms with Gasteiger partial charge in [-0.1, -0.05) is 12.1 Å². The molecule has 5 rings (SSSR count). The average Bonchev–Trinajstić information content (AvgIpc) is 3.47. The van der Waals surface area contributed by atoms with Gasteiger partial charge in [0, 0.05) is 53.2 Å². The average molecular weight is 542 g/mol. The van der Waals surface area contributed by atoms with Gasteiger partial charge in [0.1, 0.15) is 17.4 Å². The van der Waals surface area contributed by atoms with Crippen LogP contribution in [0.3, 0.4) is 0 Å². The summed E-state index contributed by atoms with van der Waals surface area (Å²) in [6.07, 6.45) is 4.52. The van der Waals surface area contributed by atoms with E-state index in [-0.39, 0.29) is 29.7 Å². The number of alkyl halides is 2. The number of benzene rings is 2. The van der Waals surface area contributed by atoms with E-state index in [1.54, 1.807) is 12.4 Å². The van der Waals surface area contributed by atoms with Gasteiger partial charge in [0.05, 0.1) is 22.8 Å². The van der Waals surface area contributed by atoms with E-state index in [9.17, 15) is 17.8 Å². The summed E-state index contributed by atoms with van der Waals surface area (Å²) < 4.78 is 43.5. The van der Waals surface area contributed by atoms with Gasteiger partial charge in [0.2, 0.25) is 0 Å². The molecular weight excluding hydrogens is 516 g/mol. The number of rotatable bonds is 10. The SMILES string of the molecule is O=C(N[C@@H]1CCn2c1nc1ccc(-c3cnc(C[S@](=O)CCCO)nc3)cc12)c1cccc(OC(F)F)c1. The first-order chi connectivity index (χ1) is 18.4. The highest BCUT2D eigenvalue weighted by molar-refractivity contribution is 7.84. The molecule has 2 aromatic carbocycles. The van der Waals surface area contributed by atoms with E-state index in [2.05, 4.69) is 24.6 Å². The second-order valence-electron chi connectivity index (χ2n) is 8.80. The molecule has 0 unspecified atom stereocenters. The second-order valence-corrected chi connectivity index (χ2v) is 10.4. The molecule has 9 nitrogen and oxygen atoms in total. The second kappa shape index (κ2) is 11.3. The molecule has 198 valence electrons. The maximum Gasteiger partial charge on any atom is 0.387 e. The molecule has 1 amide bonds. The van der Waals surface area contributed by atoms with Gasteiger partial charge in [0.15, 0.2) is 0 Å². The highest BCUT2D eigenvalue weighted by Crippen LogP contribution is 2.32. The van der Waals surface area contributed by atoms with Crippen molar-refractivity contribution in [2.45, 2.75) is 37.8 Å². The molecule has 2 atom stereocenters. The van der Waals surface area contributed by atoms with Gasteiger partial charge in [-0.05, 0) is 48.7 Å². The van der Waals surface area contributed by atoms with E-state index in [1.165, 1.54) is 24.3 Å². The van der Waals surface area contributed by atoms with Crippen molar-refractivity contribution in [3.63, 3.8) is 0 Å². The molecule has 1 aliphatic rings. The molecule has 4 aromatic rings. The third-order valence-corrected chi connectivity index (χ3v) is 7.54. The molecule has 2 aromatic heterocycles. The lowest BCUT2D eigenvalue weighted by molar-refractivity contribution is -0.0498. The molecule has 0 fully saturated rings. The maximum absolute atomic E-state index is 12.8. The minimum Gasteiger partial charge on any atom is -0.435 e. The van der Waals surface area contributed by atoms with Gasteiger partial charge >= 0.3 is 6.61 Å². The summed E-state index contributed by atoms with van der Waals surface area (Å²) in [7, 11) is -1.12. The molecule has 3 heterocycles. The summed E-state index contributed by atoms with van der Waals surface area (Å²) in [5, 5.41) is 11.8. The Kier molecular flexibility index (Phi) is 7.70. The van der Waals surface area contributed by atoms with Crippen LogP contribution in [0.25, 0.3) is 22.2 Å². The molecule has 2 N–H and O–H groups in total. The monoisotopic (exact) mass is 541 g/mol. The number of nitrogens with one attached hydrogen (secondary N) is 1. The zero-order valence-corrected chi connectivity index (χ0v) is 21.0. The third kappa shape index (κ3) is 5.70.